The van der Waals surface area contributed by atoms with Crippen molar-refractivity contribution in [2.24, 2.45) is 0 Å². The highest BCUT2D eigenvalue weighted by atomic mass is 19.1. The van der Waals surface area contributed by atoms with E-state index in [4.69, 9.17) is 9.94 Å². The van der Waals surface area contributed by atoms with E-state index < -0.39 is 0 Å². The highest BCUT2D eigenvalue weighted by Crippen LogP contribution is 2.23. The van der Waals surface area contributed by atoms with Crippen molar-refractivity contribution < 1.29 is 14.3 Å². The number of rotatable bonds is 6. The minimum atomic E-state index is -0.238. The molecule has 0 aromatic heterocycles. The summed E-state index contributed by atoms with van der Waals surface area (Å²) in [5.41, 5.74) is 0.897. The van der Waals surface area contributed by atoms with E-state index in [0.717, 1.165) is 43.7 Å². The van der Waals surface area contributed by atoms with Gasteiger partial charge in [0.2, 0.25) is 0 Å². The summed E-state index contributed by atoms with van der Waals surface area (Å²) in [5.74, 6) is 0.551. The van der Waals surface area contributed by atoms with Crippen LogP contribution in [0.2, 0.25) is 0 Å². The molecule has 2 rings (SSSR count). The summed E-state index contributed by atoms with van der Waals surface area (Å²) < 4.78 is 12.8. The first-order valence-electron chi connectivity index (χ1n) is 6.29. The van der Waals surface area contributed by atoms with Crippen LogP contribution < -0.4 is 0 Å². The first-order valence-corrected chi connectivity index (χ1v) is 6.29. The van der Waals surface area contributed by atoms with E-state index in [1.165, 1.54) is 12.1 Å². The minimum Gasteiger partial charge on any atom is -0.405 e. The monoisotopic (exact) mass is 251 g/mol. The Morgan fingerprint density at radius 1 is 1.17 bits per heavy atom. The Balaban J connectivity index is 1.79. The van der Waals surface area contributed by atoms with Crippen LogP contribution in [0.4, 0.5) is 4.39 Å². The van der Waals surface area contributed by atoms with Gasteiger partial charge in [-0.1, -0.05) is 0 Å². The molecule has 1 aromatic carbocycles. The standard InChI is InChI=1S/C14H18FNO2/c15-13-6-4-12(5-7-13)14-8-10-16(18-14)9-2-1-3-11-17/h4-8,17H,1-3,9-11H2. The maximum absolute atomic E-state index is 12.8. The smallest absolute Gasteiger partial charge is 0.152 e. The number of hydrogen-bond acceptors (Lipinski definition) is 3. The number of benzene rings is 1. The lowest BCUT2D eigenvalue weighted by molar-refractivity contribution is -0.0620. The van der Waals surface area contributed by atoms with Crippen molar-refractivity contribution in [2.45, 2.75) is 19.3 Å². The zero-order valence-electron chi connectivity index (χ0n) is 10.3. The normalized spacial score (nSPS) is 15.6. The van der Waals surface area contributed by atoms with Crippen LogP contribution in [0.5, 0.6) is 0 Å². The molecule has 1 aromatic rings. The number of unbranched alkanes of at least 4 members (excludes halogenated alkanes) is 2. The van der Waals surface area contributed by atoms with E-state index in [-0.39, 0.29) is 12.4 Å². The maximum atomic E-state index is 12.8. The lowest BCUT2D eigenvalue weighted by Gasteiger charge is -2.16. The minimum absolute atomic E-state index is 0.238. The molecule has 0 atom stereocenters. The van der Waals surface area contributed by atoms with Gasteiger partial charge in [0.15, 0.2) is 5.76 Å². The molecule has 0 saturated carbocycles. The summed E-state index contributed by atoms with van der Waals surface area (Å²) in [5, 5.41) is 10.6. The van der Waals surface area contributed by atoms with E-state index in [2.05, 4.69) is 0 Å². The van der Waals surface area contributed by atoms with E-state index in [0.29, 0.717) is 0 Å². The van der Waals surface area contributed by atoms with Crippen molar-refractivity contribution in [1.29, 1.82) is 0 Å². The third-order valence-electron chi connectivity index (χ3n) is 2.90. The Hall–Kier alpha value is -1.39. The molecule has 4 heteroatoms. The van der Waals surface area contributed by atoms with Crippen LogP contribution in [-0.4, -0.2) is 29.9 Å². The zero-order chi connectivity index (χ0) is 12.8. The average Bonchev–Trinajstić information content (AvgIpc) is 2.84. The molecule has 0 amide bonds. The largest absolute Gasteiger partial charge is 0.405 e. The summed E-state index contributed by atoms with van der Waals surface area (Å²) in [6.07, 6.45) is 4.85. The highest BCUT2D eigenvalue weighted by Gasteiger charge is 2.16. The van der Waals surface area contributed by atoms with E-state index in [9.17, 15) is 4.39 Å². The molecule has 18 heavy (non-hydrogen) atoms. The Morgan fingerprint density at radius 2 is 1.94 bits per heavy atom. The lowest BCUT2D eigenvalue weighted by Crippen LogP contribution is -2.20. The van der Waals surface area contributed by atoms with Crippen molar-refractivity contribution >= 4 is 5.76 Å². The van der Waals surface area contributed by atoms with E-state index >= 15 is 0 Å². The number of hydroxylamine groups is 2. The van der Waals surface area contributed by atoms with Gasteiger partial charge in [0.05, 0.1) is 6.54 Å². The summed E-state index contributed by atoms with van der Waals surface area (Å²) in [7, 11) is 0. The van der Waals surface area contributed by atoms with Gasteiger partial charge in [0.1, 0.15) is 5.82 Å². The predicted molar refractivity (Wildman–Crippen MR) is 68.0 cm³/mol. The predicted octanol–water partition coefficient (Wildman–Crippen LogP) is 2.58. The van der Waals surface area contributed by atoms with Crippen LogP contribution in [-0.2, 0) is 4.84 Å². The van der Waals surface area contributed by atoms with Crippen LogP contribution in [0.3, 0.4) is 0 Å². The fourth-order valence-corrected chi connectivity index (χ4v) is 1.90. The third-order valence-corrected chi connectivity index (χ3v) is 2.90. The molecule has 1 aliphatic heterocycles. The number of aliphatic hydroxyl groups excluding tert-OH is 1. The van der Waals surface area contributed by atoms with Crippen LogP contribution in [0.15, 0.2) is 30.3 Å². The fraction of sp³-hybridized carbons (Fsp3) is 0.429. The highest BCUT2D eigenvalue weighted by molar-refractivity contribution is 5.60. The van der Waals surface area contributed by atoms with Gasteiger partial charge >= 0.3 is 0 Å². The van der Waals surface area contributed by atoms with Gasteiger partial charge in [-0.05, 0) is 49.6 Å². The second-order valence-electron chi connectivity index (χ2n) is 4.34. The molecule has 3 nitrogen and oxygen atoms in total. The SMILES string of the molecule is OCCCCCN1CC=C(c2ccc(F)cc2)O1. The molecule has 1 heterocycles. The van der Waals surface area contributed by atoms with Gasteiger partial charge in [-0.2, -0.15) is 0 Å². The molecule has 0 bridgehead atoms. The molecule has 0 aliphatic carbocycles. The van der Waals surface area contributed by atoms with Crippen LogP contribution >= 0.6 is 0 Å². The van der Waals surface area contributed by atoms with Crippen molar-refractivity contribution in [3.05, 3.63) is 41.7 Å². The topological polar surface area (TPSA) is 32.7 Å². The van der Waals surface area contributed by atoms with E-state index in [1.807, 2.05) is 11.1 Å². The zero-order valence-corrected chi connectivity index (χ0v) is 10.3. The molecule has 0 radical (unpaired) electrons. The first-order chi connectivity index (χ1) is 8.79. The van der Waals surface area contributed by atoms with Crippen molar-refractivity contribution in [1.82, 2.24) is 5.06 Å². The van der Waals surface area contributed by atoms with Gasteiger partial charge < -0.3 is 9.94 Å². The maximum Gasteiger partial charge on any atom is 0.152 e. The van der Waals surface area contributed by atoms with Crippen molar-refractivity contribution in [2.75, 3.05) is 19.7 Å². The average molecular weight is 251 g/mol. The Bertz CT molecular complexity index is 403. The molecule has 0 saturated heterocycles. The van der Waals surface area contributed by atoms with Crippen LogP contribution in [0.1, 0.15) is 24.8 Å². The Morgan fingerprint density at radius 3 is 2.67 bits per heavy atom. The Kier molecular flexibility index (Phi) is 4.73. The summed E-state index contributed by atoms with van der Waals surface area (Å²) in [6.45, 7) is 1.85. The molecule has 0 unspecified atom stereocenters. The van der Waals surface area contributed by atoms with Gasteiger partial charge in [-0.3, -0.25) is 0 Å². The summed E-state index contributed by atoms with van der Waals surface area (Å²) in [4.78, 5) is 5.68. The molecule has 0 fully saturated rings. The van der Waals surface area contributed by atoms with Gasteiger partial charge in [-0.15, -0.1) is 5.06 Å². The molecule has 1 N–H and O–H groups in total. The van der Waals surface area contributed by atoms with Gasteiger partial charge in [0.25, 0.3) is 0 Å². The van der Waals surface area contributed by atoms with Gasteiger partial charge in [-0.25, -0.2) is 4.39 Å². The number of hydrogen-bond donors (Lipinski definition) is 1. The second kappa shape index (κ2) is 6.52. The summed E-state index contributed by atoms with van der Waals surface area (Å²) in [6, 6.07) is 6.31. The molecule has 1 aliphatic rings. The van der Waals surface area contributed by atoms with Crippen LogP contribution in [0, 0.1) is 5.82 Å². The molecular weight excluding hydrogens is 233 g/mol. The lowest BCUT2D eigenvalue weighted by atomic mass is 10.2. The number of aliphatic hydroxyl groups is 1. The molecular formula is C14H18FNO2. The first kappa shape index (κ1) is 13.1. The molecule has 98 valence electrons. The van der Waals surface area contributed by atoms with Crippen LogP contribution in [0.25, 0.3) is 5.76 Å². The second-order valence-corrected chi connectivity index (χ2v) is 4.34. The van der Waals surface area contributed by atoms with Crippen molar-refractivity contribution in [3.8, 4) is 0 Å². The summed E-state index contributed by atoms with van der Waals surface area (Å²) >= 11 is 0. The van der Waals surface area contributed by atoms with Gasteiger partial charge in [0, 0.05) is 18.7 Å². The number of halogens is 1. The third kappa shape index (κ3) is 3.55. The quantitative estimate of drug-likeness (QED) is 0.789. The van der Waals surface area contributed by atoms with Crippen molar-refractivity contribution in [3.63, 3.8) is 0 Å². The molecule has 0 spiro atoms. The van der Waals surface area contributed by atoms with E-state index in [1.54, 1.807) is 12.1 Å². The number of nitrogens with zero attached hydrogens (tertiary/aromatic N) is 1. The Labute approximate surface area is 106 Å². The fourth-order valence-electron chi connectivity index (χ4n) is 1.90.